The minimum absolute atomic E-state index is 0.139. The molecule has 0 aromatic heterocycles. The smallest absolute Gasteiger partial charge is 0.406 e. The van der Waals surface area contributed by atoms with Gasteiger partial charge in [0.05, 0.1) is 11.4 Å². The third-order valence-corrected chi connectivity index (χ3v) is 6.18. The van der Waals surface area contributed by atoms with Crippen LogP contribution in [-0.2, 0) is 16.1 Å². The molecule has 1 atom stereocenters. The van der Waals surface area contributed by atoms with Gasteiger partial charge in [-0.2, -0.15) is 0 Å². The van der Waals surface area contributed by atoms with E-state index in [9.17, 15) is 22.8 Å². The Morgan fingerprint density at radius 2 is 1.88 bits per heavy atom. The maximum absolute atomic E-state index is 13.2. The summed E-state index contributed by atoms with van der Waals surface area (Å²) < 4.78 is 41.3. The molecule has 0 radical (unpaired) electrons. The number of nitrogens with one attached hydrogen (secondary N) is 1. The number of amides is 2. The van der Waals surface area contributed by atoms with E-state index in [-0.39, 0.29) is 37.1 Å². The highest BCUT2D eigenvalue weighted by Crippen LogP contribution is 2.37. The van der Waals surface area contributed by atoms with E-state index in [4.69, 9.17) is 17.3 Å². The van der Waals surface area contributed by atoms with Gasteiger partial charge < -0.3 is 25.6 Å². The van der Waals surface area contributed by atoms with Crippen LogP contribution < -0.4 is 25.6 Å². The topological polar surface area (TPSA) is 87.9 Å². The standard InChI is InChI=1S/C23H24ClF3N4O3/c1-30-19-10-15(24)4-7-18(19)31(12-14-2-5-16(6-3-14)34-23(25,26)27)13-17(21(30)33)29-20(32)11-22(28)8-9-22/h2-7,10,17H,8-9,11-13,28H2,1H3,(H,29,32)/t17-/m1/s1. The van der Waals surface area contributed by atoms with Crippen LogP contribution in [-0.4, -0.2) is 43.3 Å². The van der Waals surface area contributed by atoms with Crippen molar-refractivity contribution in [2.75, 3.05) is 23.4 Å². The lowest BCUT2D eigenvalue weighted by molar-refractivity contribution is -0.274. The molecule has 1 heterocycles. The highest BCUT2D eigenvalue weighted by Gasteiger charge is 2.41. The van der Waals surface area contributed by atoms with Crippen LogP contribution in [0.5, 0.6) is 5.75 Å². The molecular formula is C23H24ClF3N4O3. The van der Waals surface area contributed by atoms with Crippen LogP contribution in [0.2, 0.25) is 5.02 Å². The lowest BCUT2D eigenvalue weighted by Crippen LogP contribution is -2.52. The van der Waals surface area contributed by atoms with Gasteiger partial charge in [0.15, 0.2) is 0 Å². The van der Waals surface area contributed by atoms with Gasteiger partial charge in [0.2, 0.25) is 5.91 Å². The summed E-state index contributed by atoms with van der Waals surface area (Å²) in [6.07, 6.45) is -3.10. The third-order valence-electron chi connectivity index (χ3n) is 5.94. The first-order chi connectivity index (χ1) is 15.9. The van der Waals surface area contributed by atoms with Gasteiger partial charge in [0.1, 0.15) is 11.8 Å². The number of benzene rings is 2. The molecule has 0 spiro atoms. The summed E-state index contributed by atoms with van der Waals surface area (Å²) in [5, 5.41) is 3.24. The normalized spacial score (nSPS) is 19.4. The highest BCUT2D eigenvalue weighted by molar-refractivity contribution is 6.31. The Morgan fingerprint density at radius 1 is 1.21 bits per heavy atom. The van der Waals surface area contributed by atoms with Crippen molar-refractivity contribution in [3.05, 3.63) is 53.1 Å². The molecule has 2 aliphatic rings. The fourth-order valence-electron chi connectivity index (χ4n) is 3.96. The predicted molar refractivity (Wildman–Crippen MR) is 122 cm³/mol. The van der Waals surface area contributed by atoms with Crippen LogP contribution in [0.1, 0.15) is 24.8 Å². The van der Waals surface area contributed by atoms with E-state index < -0.39 is 17.9 Å². The molecule has 4 rings (SSSR count). The van der Waals surface area contributed by atoms with Crippen LogP contribution >= 0.6 is 11.6 Å². The Morgan fingerprint density at radius 3 is 2.50 bits per heavy atom. The van der Waals surface area contributed by atoms with Gasteiger partial charge in [-0.25, -0.2) is 0 Å². The summed E-state index contributed by atoms with van der Waals surface area (Å²) in [5.74, 6) is -0.936. The fraction of sp³-hybridized carbons (Fsp3) is 0.391. The number of carbonyl (C=O) groups excluding carboxylic acids is 2. The molecule has 1 fully saturated rings. The van der Waals surface area contributed by atoms with E-state index in [1.807, 2.05) is 4.90 Å². The summed E-state index contributed by atoms with van der Waals surface area (Å²) in [6.45, 7) is 0.428. The minimum Gasteiger partial charge on any atom is -0.406 e. The van der Waals surface area contributed by atoms with Crippen molar-refractivity contribution in [3.8, 4) is 5.75 Å². The molecule has 3 N–H and O–H groups in total. The molecule has 2 aromatic rings. The molecule has 0 unspecified atom stereocenters. The molecule has 11 heteroatoms. The number of hydrogen-bond donors (Lipinski definition) is 2. The van der Waals surface area contributed by atoms with Crippen molar-refractivity contribution in [2.24, 2.45) is 5.73 Å². The number of nitrogens with zero attached hydrogens (tertiary/aromatic N) is 2. The van der Waals surface area contributed by atoms with E-state index >= 15 is 0 Å². The maximum atomic E-state index is 13.2. The Kier molecular flexibility index (Phi) is 6.39. The van der Waals surface area contributed by atoms with Gasteiger partial charge >= 0.3 is 6.36 Å². The first-order valence-electron chi connectivity index (χ1n) is 10.7. The Bertz CT molecular complexity index is 1090. The molecule has 1 saturated carbocycles. The molecule has 1 aliphatic heterocycles. The molecule has 182 valence electrons. The molecule has 34 heavy (non-hydrogen) atoms. The molecule has 2 amide bonds. The molecule has 1 aliphatic carbocycles. The number of nitrogens with two attached hydrogens (primary N) is 1. The highest BCUT2D eigenvalue weighted by atomic mass is 35.5. The molecular weight excluding hydrogens is 473 g/mol. The summed E-state index contributed by atoms with van der Waals surface area (Å²) in [6, 6.07) is 9.77. The van der Waals surface area contributed by atoms with Crippen molar-refractivity contribution in [1.29, 1.82) is 0 Å². The number of hydrogen-bond acceptors (Lipinski definition) is 5. The van der Waals surface area contributed by atoms with Gasteiger partial charge in [0, 0.05) is 37.1 Å². The first-order valence-corrected chi connectivity index (χ1v) is 11.1. The van der Waals surface area contributed by atoms with Crippen LogP contribution in [0, 0.1) is 0 Å². The molecule has 7 nitrogen and oxygen atoms in total. The predicted octanol–water partition coefficient (Wildman–Crippen LogP) is 3.59. The summed E-state index contributed by atoms with van der Waals surface area (Å²) in [5.41, 5.74) is 7.50. The van der Waals surface area contributed by atoms with Crippen LogP contribution in [0.15, 0.2) is 42.5 Å². The largest absolute Gasteiger partial charge is 0.573 e. The zero-order chi connectivity index (χ0) is 24.7. The van der Waals surface area contributed by atoms with Crippen LogP contribution in [0.4, 0.5) is 24.5 Å². The SMILES string of the molecule is CN1C(=O)[C@H](NC(=O)CC2(N)CC2)CN(Cc2ccc(OC(F)(F)F)cc2)c2ccc(Cl)cc21. The van der Waals surface area contributed by atoms with Gasteiger partial charge in [-0.1, -0.05) is 23.7 Å². The number of rotatable bonds is 6. The summed E-state index contributed by atoms with van der Waals surface area (Å²) in [4.78, 5) is 29.1. The van der Waals surface area contributed by atoms with Gasteiger partial charge in [-0.3, -0.25) is 9.59 Å². The van der Waals surface area contributed by atoms with Crippen LogP contribution in [0.25, 0.3) is 0 Å². The first kappa shape index (κ1) is 24.2. The molecule has 2 aromatic carbocycles. The molecule has 0 saturated heterocycles. The van der Waals surface area contributed by atoms with Crippen molar-refractivity contribution < 1.29 is 27.5 Å². The van der Waals surface area contributed by atoms with E-state index in [1.165, 1.54) is 29.2 Å². The zero-order valence-corrected chi connectivity index (χ0v) is 19.1. The second-order valence-electron chi connectivity index (χ2n) is 8.76. The average molecular weight is 497 g/mol. The van der Waals surface area contributed by atoms with E-state index in [1.54, 1.807) is 25.2 Å². The number of likely N-dealkylation sites (N-methyl/N-ethyl adjacent to an activating group) is 1. The second-order valence-corrected chi connectivity index (χ2v) is 9.20. The van der Waals surface area contributed by atoms with E-state index in [2.05, 4.69) is 10.1 Å². The number of alkyl halides is 3. The number of carbonyl (C=O) groups is 2. The minimum atomic E-state index is -4.77. The van der Waals surface area contributed by atoms with Gasteiger partial charge in [-0.05, 0) is 48.7 Å². The third kappa shape index (κ3) is 5.74. The van der Waals surface area contributed by atoms with Crippen molar-refractivity contribution in [2.45, 2.75) is 43.8 Å². The summed E-state index contributed by atoms with van der Waals surface area (Å²) in [7, 11) is 1.61. The van der Waals surface area contributed by atoms with E-state index in [0.717, 1.165) is 12.8 Å². The van der Waals surface area contributed by atoms with Crippen molar-refractivity contribution in [3.63, 3.8) is 0 Å². The fourth-order valence-corrected chi connectivity index (χ4v) is 4.12. The average Bonchev–Trinajstić information content (AvgIpc) is 3.48. The number of halogens is 4. The Balaban J connectivity index is 1.58. The van der Waals surface area contributed by atoms with Gasteiger partial charge in [0.25, 0.3) is 5.91 Å². The number of anilines is 2. The summed E-state index contributed by atoms with van der Waals surface area (Å²) >= 11 is 6.18. The Labute approximate surface area is 199 Å². The zero-order valence-electron chi connectivity index (χ0n) is 18.4. The quantitative estimate of drug-likeness (QED) is 0.638. The van der Waals surface area contributed by atoms with Crippen molar-refractivity contribution >= 4 is 34.8 Å². The number of ether oxygens (including phenoxy) is 1. The lowest BCUT2D eigenvalue weighted by Gasteiger charge is -2.27. The Hall–Kier alpha value is -2.98. The molecule has 0 bridgehead atoms. The van der Waals surface area contributed by atoms with Crippen LogP contribution in [0.3, 0.4) is 0 Å². The van der Waals surface area contributed by atoms with E-state index in [0.29, 0.717) is 22.0 Å². The monoisotopic (exact) mass is 496 g/mol. The van der Waals surface area contributed by atoms with Crippen molar-refractivity contribution in [1.82, 2.24) is 5.32 Å². The maximum Gasteiger partial charge on any atom is 0.573 e. The number of fused-ring (bicyclic) bond motifs is 1. The lowest BCUT2D eigenvalue weighted by atomic mass is 10.1. The second kappa shape index (κ2) is 8.99. The van der Waals surface area contributed by atoms with Gasteiger partial charge in [-0.15, -0.1) is 13.2 Å².